The number of carboxylic acid groups (broad SMARTS) is 1. The molecule has 1 saturated heterocycles. The van der Waals surface area contributed by atoms with E-state index in [-0.39, 0.29) is 25.6 Å². The fraction of sp³-hybridized carbons (Fsp3) is 0.320. The summed E-state index contributed by atoms with van der Waals surface area (Å²) in [6, 6.07) is 16.2. The van der Waals surface area contributed by atoms with Crippen LogP contribution >= 0.6 is 0 Å². The number of carboxylic acids is 1. The molecule has 1 aliphatic heterocycles. The second kappa shape index (κ2) is 8.75. The van der Waals surface area contributed by atoms with Gasteiger partial charge >= 0.3 is 12.1 Å². The van der Waals surface area contributed by atoms with Crippen LogP contribution in [0.1, 0.15) is 30.4 Å². The summed E-state index contributed by atoms with van der Waals surface area (Å²) >= 11 is 0. The van der Waals surface area contributed by atoms with Gasteiger partial charge in [-0.15, -0.1) is 0 Å². The summed E-state index contributed by atoms with van der Waals surface area (Å²) in [5.41, 5.74) is 3.64. The summed E-state index contributed by atoms with van der Waals surface area (Å²) in [5.74, 6) is 3.67. The Labute approximate surface area is 186 Å². The summed E-state index contributed by atoms with van der Waals surface area (Å²) in [7, 11) is 0. The van der Waals surface area contributed by atoms with Crippen LogP contribution in [0.4, 0.5) is 4.79 Å². The molecule has 0 aromatic heterocycles. The Kier molecular flexibility index (Phi) is 5.87. The van der Waals surface area contributed by atoms with Crippen molar-refractivity contribution in [2.45, 2.75) is 19.3 Å². The molecule has 0 spiro atoms. The van der Waals surface area contributed by atoms with Crippen LogP contribution in [0.5, 0.6) is 0 Å². The van der Waals surface area contributed by atoms with Crippen molar-refractivity contribution >= 4 is 18.0 Å². The third kappa shape index (κ3) is 4.17. The van der Waals surface area contributed by atoms with E-state index in [2.05, 4.69) is 29.3 Å². The Morgan fingerprint density at radius 1 is 1.12 bits per heavy atom. The van der Waals surface area contributed by atoms with Gasteiger partial charge in [0.2, 0.25) is 0 Å². The molecule has 2 amide bonds. The number of ether oxygens (including phenoxy) is 1. The van der Waals surface area contributed by atoms with Gasteiger partial charge in [0, 0.05) is 19.0 Å². The zero-order valence-corrected chi connectivity index (χ0v) is 17.8. The molecule has 0 saturated carbocycles. The fourth-order valence-corrected chi connectivity index (χ4v) is 4.27. The second-order valence-electron chi connectivity index (χ2n) is 8.32. The molecule has 0 bridgehead atoms. The lowest BCUT2D eigenvalue weighted by Gasteiger charge is -2.18. The highest BCUT2D eigenvalue weighted by Crippen LogP contribution is 2.44. The van der Waals surface area contributed by atoms with Crippen molar-refractivity contribution in [3.05, 3.63) is 59.7 Å². The molecule has 1 unspecified atom stereocenters. The van der Waals surface area contributed by atoms with Gasteiger partial charge in [-0.1, -0.05) is 54.5 Å². The average Bonchev–Trinajstić information content (AvgIpc) is 3.35. The van der Waals surface area contributed by atoms with Gasteiger partial charge in [-0.2, -0.15) is 0 Å². The maximum absolute atomic E-state index is 12.1. The van der Waals surface area contributed by atoms with E-state index in [0.29, 0.717) is 13.0 Å². The van der Waals surface area contributed by atoms with Crippen LogP contribution in [-0.2, 0) is 14.3 Å². The molecule has 2 aliphatic rings. The first kappa shape index (κ1) is 21.4. The smallest absolute Gasteiger partial charge is 0.407 e. The molecule has 1 fully saturated rings. The number of nitrogens with one attached hydrogen (secondary N) is 1. The molecule has 32 heavy (non-hydrogen) atoms. The first-order chi connectivity index (χ1) is 15.4. The molecule has 1 atom stereocenters. The van der Waals surface area contributed by atoms with Crippen LogP contribution in [0.2, 0.25) is 0 Å². The lowest BCUT2D eigenvalue weighted by atomic mass is 9.90. The summed E-state index contributed by atoms with van der Waals surface area (Å²) < 4.78 is 5.42. The molecule has 2 aromatic carbocycles. The minimum Gasteiger partial charge on any atom is -0.481 e. The first-order valence-electron chi connectivity index (χ1n) is 10.5. The van der Waals surface area contributed by atoms with Crippen LogP contribution in [0, 0.1) is 17.3 Å². The monoisotopic (exact) mass is 432 g/mol. The van der Waals surface area contributed by atoms with Gasteiger partial charge in [-0.05, 0) is 41.5 Å². The number of hydrogen-bond acceptors (Lipinski definition) is 4. The predicted octanol–water partition coefficient (Wildman–Crippen LogP) is 2.85. The number of nitrogens with zero attached hydrogens (tertiary/aromatic N) is 1. The van der Waals surface area contributed by atoms with E-state index < -0.39 is 23.4 Å². The van der Waals surface area contributed by atoms with E-state index in [9.17, 15) is 19.5 Å². The predicted molar refractivity (Wildman–Crippen MR) is 118 cm³/mol. The van der Waals surface area contributed by atoms with Gasteiger partial charge in [-0.3, -0.25) is 9.59 Å². The number of alkyl carbamates (subject to hydrolysis) is 1. The first-order valence-corrected chi connectivity index (χ1v) is 10.5. The quantitative estimate of drug-likeness (QED) is 0.725. The maximum atomic E-state index is 12.1. The van der Waals surface area contributed by atoms with Gasteiger partial charge in [0.1, 0.15) is 6.61 Å². The van der Waals surface area contributed by atoms with Crippen LogP contribution < -0.4 is 5.32 Å². The maximum Gasteiger partial charge on any atom is 0.407 e. The minimum absolute atomic E-state index is 0.0282. The van der Waals surface area contributed by atoms with Crippen molar-refractivity contribution in [3.8, 4) is 23.0 Å². The van der Waals surface area contributed by atoms with Crippen LogP contribution in [0.3, 0.4) is 0 Å². The number of rotatable bonds is 4. The highest BCUT2D eigenvalue weighted by Gasteiger charge is 2.41. The number of benzene rings is 2. The zero-order valence-electron chi connectivity index (χ0n) is 17.8. The number of carbonyl (C=O) groups excluding carboxylic acids is 2. The number of likely N-dealkylation sites (tertiary alicyclic amines) is 1. The van der Waals surface area contributed by atoms with Crippen molar-refractivity contribution < 1.29 is 24.2 Å². The summed E-state index contributed by atoms with van der Waals surface area (Å²) in [6.45, 7) is 2.28. The zero-order chi connectivity index (χ0) is 22.7. The van der Waals surface area contributed by atoms with Gasteiger partial charge in [0.25, 0.3) is 5.91 Å². The lowest BCUT2D eigenvalue weighted by molar-refractivity contribution is -0.147. The molecular formula is C25H24N2O5. The van der Waals surface area contributed by atoms with Crippen molar-refractivity contribution in [3.63, 3.8) is 0 Å². The van der Waals surface area contributed by atoms with Crippen LogP contribution in [0.25, 0.3) is 11.1 Å². The van der Waals surface area contributed by atoms with Gasteiger partial charge in [0.05, 0.1) is 12.0 Å². The van der Waals surface area contributed by atoms with E-state index in [1.54, 1.807) is 6.92 Å². The third-order valence-electron chi connectivity index (χ3n) is 6.14. The van der Waals surface area contributed by atoms with E-state index >= 15 is 0 Å². The number of fused-ring (bicyclic) bond motifs is 3. The largest absolute Gasteiger partial charge is 0.481 e. The second-order valence-corrected chi connectivity index (χ2v) is 8.32. The summed E-state index contributed by atoms with van der Waals surface area (Å²) in [5, 5.41) is 11.8. The molecule has 1 heterocycles. The van der Waals surface area contributed by atoms with E-state index in [4.69, 9.17) is 4.74 Å². The molecule has 164 valence electrons. The van der Waals surface area contributed by atoms with E-state index in [0.717, 1.165) is 22.3 Å². The van der Waals surface area contributed by atoms with Gasteiger partial charge in [-0.25, -0.2) is 4.79 Å². The Balaban J connectivity index is 1.27. The third-order valence-corrected chi connectivity index (χ3v) is 6.14. The van der Waals surface area contributed by atoms with E-state index in [1.807, 2.05) is 36.4 Å². The summed E-state index contributed by atoms with van der Waals surface area (Å²) in [6.07, 6.45) is -0.207. The number of hydrogen-bond donors (Lipinski definition) is 2. The molecule has 2 aromatic rings. The Morgan fingerprint density at radius 3 is 2.34 bits per heavy atom. The lowest BCUT2D eigenvalue weighted by Crippen LogP contribution is -2.34. The average molecular weight is 432 g/mol. The number of carbonyl (C=O) groups is 3. The standard InChI is InChI=1S/C25H24N2O5/c1-25(23(29)30)12-14-27(16-25)22(28)11-6-13-26-24(31)32-15-21-19-9-4-2-7-17(19)18-8-3-5-10-20(18)21/h2-5,7-10,21H,12-16H2,1H3,(H,26,31)(H,29,30). The van der Waals surface area contributed by atoms with Gasteiger partial charge in [0.15, 0.2) is 0 Å². The van der Waals surface area contributed by atoms with Gasteiger partial charge < -0.3 is 20.1 Å². The van der Waals surface area contributed by atoms with Crippen molar-refractivity contribution in [1.82, 2.24) is 10.2 Å². The normalized spacial score (nSPS) is 18.8. The minimum atomic E-state index is -0.934. The Hall–Kier alpha value is -3.79. The fourth-order valence-electron chi connectivity index (χ4n) is 4.27. The highest BCUT2D eigenvalue weighted by atomic mass is 16.5. The van der Waals surface area contributed by atoms with Crippen molar-refractivity contribution in [1.29, 1.82) is 0 Å². The molecule has 7 heteroatoms. The van der Waals surface area contributed by atoms with E-state index in [1.165, 1.54) is 4.90 Å². The Morgan fingerprint density at radius 2 is 1.75 bits per heavy atom. The molecule has 4 rings (SSSR count). The summed E-state index contributed by atoms with van der Waals surface area (Å²) in [4.78, 5) is 37.0. The molecule has 1 aliphatic carbocycles. The number of aliphatic carboxylic acids is 1. The van der Waals surface area contributed by atoms with Crippen LogP contribution in [-0.4, -0.2) is 54.2 Å². The van der Waals surface area contributed by atoms with Crippen LogP contribution in [0.15, 0.2) is 48.5 Å². The molecule has 7 nitrogen and oxygen atoms in total. The van der Waals surface area contributed by atoms with Crippen molar-refractivity contribution in [2.24, 2.45) is 5.41 Å². The highest BCUT2D eigenvalue weighted by molar-refractivity contribution is 5.94. The number of amides is 2. The topological polar surface area (TPSA) is 95.9 Å². The van der Waals surface area contributed by atoms with Crippen molar-refractivity contribution in [2.75, 3.05) is 26.2 Å². The molecular weight excluding hydrogens is 408 g/mol. The Bertz CT molecular complexity index is 1090. The molecule has 2 N–H and O–H groups in total. The SMILES string of the molecule is CC1(C(=O)O)CCN(C(=O)C#CCNC(=O)OCC2c3ccccc3-c3ccccc32)C1. The molecule has 0 radical (unpaired) electrons.